The molecule has 0 aliphatic carbocycles. The molecule has 0 aromatic heterocycles. The Kier molecular flexibility index (Phi) is 4.23. The second-order valence-corrected chi connectivity index (χ2v) is 4.67. The van der Waals surface area contributed by atoms with Crippen LogP contribution in [0.1, 0.15) is 31.8 Å². The summed E-state index contributed by atoms with van der Waals surface area (Å²) >= 11 is 0. The second-order valence-electron chi connectivity index (χ2n) is 4.67. The number of hydrogen-bond donors (Lipinski definition) is 2. The van der Waals surface area contributed by atoms with Gasteiger partial charge >= 0.3 is 5.97 Å². The van der Waals surface area contributed by atoms with Crippen molar-refractivity contribution in [3.05, 3.63) is 64.7 Å². The summed E-state index contributed by atoms with van der Waals surface area (Å²) < 4.78 is 5.22. The lowest BCUT2D eigenvalue weighted by atomic mass is 10.1. The molecule has 0 bridgehead atoms. The summed E-state index contributed by atoms with van der Waals surface area (Å²) in [5.74, 6) is -0.971. The number of nitrogen functional groups attached to an aromatic ring is 1. The monoisotopic (exact) mass is 284 g/mol. The smallest absolute Gasteiger partial charge is 0.340 e. The standard InChI is InChI=1S/C16H16N2O3/c1-10-3-2-4-13(14(10)17)16(20)21-9-11-5-7-12(8-6-11)15(18)19/h2-8H,9,17H2,1H3,(H2,18,19). The number of amides is 1. The van der Waals surface area contributed by atoms with E-state index in [2.05, 4.69) is 0 Å². The summed E-state index contributed by atoms with van der Waals surface area (Å²) in [6, 6.07) is 11.8. The molecule has 0 atom stereocenters. The first-order chi connectivity index (χ1) is 9.99. The fourth-order valence-electron chi connectivity index (χ4n) is 1.85. The van der Waals surface area contributed by atoms with Crippen LogP contribution >= 0.6 is 0 Å². The number of para-hydroxylation sites is 1. The number of carbonyl (C=O) groups excluding carboxylic acids is 2. The molecule has 0 heterocycles. The van der Waals surface area contributed by atoms with Crippen molar-refractivity contribution in [2.75, 3.05) is 5.73 Å². The van der Waals surface area contributed by atoms with E-state index in [0.717, 1.165) is 11.1 Å². The lowest BCUT2D eigenvalue weighted by Crippen LogP contribution is -2.11. The third kappa shape index (κ3) is 3.39. The van der Waals surface area contributed by atoms with Gasteiger partial charge in [-0.25, -0.2) is 4.79 Å². The molecule has 0 saturated carbocycles. The van der Waals surface area contributed by atoms with Crippen LogP contribution in [0.15, 0.2) is 42.5 Å². The van der Waals surface area contributed by atoms with Gasteiger partial charge in [-0.1, -0.05) is 24.3 Å². The minimum atomic E-state index is -0.494. The zero-order chi connectivity index (χ0) is 15.4. The third-order valence-corrected chi connectivity index (χ3v) is 3.15. The van der Waals surface area contributed by atoms with Crippen molar-refractivity contribution >= 4 is 17.6 Å². The maximum atomic E-state index is 12.0. The minimum Gasteiger partial charge on any atom is -0.457 e. The van der Waals surface area contributed by atoms with Crippen molar-refractivity contribution < 1.29 is 14.3 Å². The summed E-state index contributed by atoms with van der Waals surface area (Å²) in [4.78, 5) is 22.9. The van der Waals surface area contributed by atoms with Gasteiger partial charge in [0.1, 0.15) is 6.61 Å². The number of rotatable bonds is 4. The Balaban J connectivity index is 2.04. The van der Waals surface area contributed by atoms with Crippen LogP contribution < -0.4 is 11.5 Å². The molecule has 5 heteroatoms. The van der Waals surface area contributed by atoms with E-state index in [0.29, 0.717) is 16.8 Å². The van der Waals surface area contributed by atoms with Crippen molar-refractivity contribution in [3.63, 3.8) is 0 Å². The number of benzene rings is 2. The van der Waals surface area contributed by atoms with Crippen LogP contribution in [-0.4, -0.2) is 11.9 Å². The van der Waals surface area contributed by atoms with Crippen LogP contribution in [0.3, 0.4) is 0 Å². The highest BCUT2D eigenvalue weighted by atomic mass is 16.5. The number of primary amides is 1. The van der Waals surface area contributed by atoms with Gasteiger partial charge in [0.15, 0.2) is 0 Å². The number of ether oxygens (including phenoxy) is 1. The van der Waals surface area contributed by atoms with Gasteiger partial charge in [-0.05, 0) is 36.2 Å². The van der Waals surface area contributed by atoms with Crippen molar-refractivity contribution in [2.24, 2.45) is 5.73 Å². The molecule has 5 nitrogen and oxygen atoms in total. The molecule has 0 saturated heterocycles. The van der Waals surface area contributed by atoms with Gasteiger partial charge in [-0.15, -0.1) is 0 Å². The Hall–Kier alpha value is -2.82. The number of anilines is 1. The highest BCUT2D eigenvalue weighted by Crippen LogP contribution is 2.18. The van der Waals surface area contributed by atoms with Crippen molar-refractivity contribution in [2.45, 2.75) is 13.5 Å². The Bertz CT molecular complexity index is 678. The summed E-state index contributed by atoms with van der Waals surface area (Å²) in [6.45, 7) is 1.93. The van der Waals surface area contributed by atoms with Gasteiger partial charge in [0.2, 0.25) is 5.91 Å². The van der Waals surface area contributed by atoms with E-state index >= 15 is 0 Å². The number of nitrogens with two attached hydrogens (primary N) is 2. The lowest BCUT2D eigenvalue weighted by Gasteiger charge is -2.09. The Morgan fingerprint density at radius 3 is 2.38 bits per heavy atom. The van der Waals surface area contributed by atoms with E-state index in [1.807, 2.05) is 13.0 Å². The van der Waals surface area contributed by atoms with Gasteiger partial charge in [-0.3, -0.25) is 4.79 Å². The SMILES string of the molecule is Cc1cccc(C(=O)OCc2ccc(C(N)=O)cc2)c1N. The van der Waals surface area contributed by atoms with Crippen LogP contribution in [0.2, 0.25) is 0 Å². The van der Waals surface area contributed by atoms with Crippen LogP contribution in [0.5, 0.6) is 0 Å². The molecule has 2 aromatic carbocycles. The number of aryl methyl sites for hydroxylation is 1. The van der Waals surface area contributed by atoms with E-state index in [1.165, 1.54) is 0 Å². The van der Waals surface area contributed by atoms with Gasteiger partial charge in [0.05, 0.1) is 5.56 Å². The average molecular weight is 284 g/mol. The third-order valence-electron chi connectivity index (χ3n) is 3.15. The van der Waals surface area contributed by atoms with E-state index in [1.54, 1.807) is 36.4 Å². The highest BCUT2D eigenvalue weighted by molar-refractivity contribution is 5.95. The molecule has 1 amide bonds. The van der Waals surface area contributed by atoms with E-state index in [-0.39, 0.29) is 6.61 Å². The first-order valence-electron chi connectivity index (χ1n) is 6.40. The van der Waals surface area contributed by atoms with Gasteiger partial charge < -0.3 is 16.2 Å². The average Bonchev–Trinajstić information content (AvgIpc) is 2.48. The normalized spacial score (nSPS) is 10.1. The molecule has 0 unspecified atom stereocenters. The van der Waals surface area contributed by atoms with E-state index < -0.39 is 11.9 Å². The maximum absolute atomic E-state index is 12.0. The topological polar surface area (TPSA) is 95.4 Å². The van der Waals surface area contributed by atoms with Crippen molar-refractivity contribution in [1.29, 1.82) is 0 Å². The Morgan fingerprint density at radius 1 is 1.10 bits per heavy atom. The molecule has 4 N–H and O–H groups in total. The minimum absolute atomic E-state index is 0.102. The van der Waals surface area contributed by atoms with Gasteiger partial charge in [0.25, 0.3) is 0 Å². The van der Waals surface area contributed by atoms with Crippen LogP contribution in [0, 0.1) is 6.92 Å². The number of hydrogen-bond acceptors (Lipinski definition) is 4. The molecule has 0 aliphatic rings. The quantitative estimate of drug-likeness (QED) is 0.663. The molecular weight excluding hydrogens is 268 g/mol. The number of esters is 1. The van der Waals surface area contributed by atoms with Crippen LogP contribution in [0.25, 0.3) is 0 Å². The van der Waals surface area contributed by atoms with E-state index in [4.69, 9.17) is 16.2 Å². The fraction of sp³-hybridized carbons (Fsp3) is 0.125. The predicted octanol–water partition coefficient (Wildman–Crippen LogP) is 2.03. The summed E-state index contributed by atoms with van der Waals surface area (Å²) in [5.41, 5.74) is 13.8. The molecule has 21 heavy (non-hydrogen) atoms. The largest absolute Gasteiger partial charge is 0.457 e. The molecule has 2 aromatic rings. The Morgan fingerprint density at radius 2 is 1.76 bits per heavy atom. The lowest BCUT2D eigenvalue weighted by molar-refractivity contribution is 0.0473. The van der Waals surface area contributed by atoms with Gasteiger partial charge in [-0.2, -0.15) is 0 Å². The predicted molar refractivity (Wildman–Crippen MR) is 79.7 cm³/mol. The summed E-state index contributed by atoms with van der Waals surface area (Å²) in [6.07, 6.45) is 0. The first kappa shape index (κ1) is 14.6. The van der Waals surface area contributed by atoms with Crippen LogP contribution in [-0.2, 0) is 11.3 Å². The summed E-state index contributed by atoms with van der Waals surface area (Å²) in [5, 5.41) is 0. The highest BCUT2D eigenvalue weighted by Gasteiger charge is 2.12. The molecule has 2 rings (SSSR count). The molecular formula is C16H16N2O3. The van der Waals surface area contributed by atoms with Gasteiger partial charge in [0, 0.05) is 11.3 Å². The molecule has 0 spiro atoms. The van der Waals surface area contributed by atoms with E-state index in [9.17, 15) is 9.59 Å². The number of carbonyl (C=O) groups is 2. The molecule has 108 valence electrons. The second kappa shape index (κ2) is 6.09. The fourth-order valence-corrected chi connectivity index (χ4v) is 1.85. The molecule has 0 aliphatic heterocycles. The molecule has 0 radical (unpaired) electrons. The van der Waals surface area contributed by atoms with Crippen molar-refractivity contribution in [1.82, 2.24) is 0 Å². The van der Waals surface area contributed by atoms with Crippen molar-refractivity contribution in [3.8, 4) is 0 Å². The zero-order valence-corrected chi connectivity index (χ0v) is 11.6. The maximum Gasteiger partial charge on any atom is 0.340 e. The molecule has 0 fully saturated rings. The Labute approximate surface area is 122 Å². The summed E-state index contributed by atoms with van der Waals surface area (Å²) in [7, 11) is 0. The first-order valence-corrected chi connectivity index (χ1v) is 6.40. The zero-order valence-electron chi connectivity index (χ0n) is 11.6. The van der Waals surface area contributed by atoms with Crippen LogP contribution in [0.4, 0.5) is 5.69 Å².